The first-order valence-electron chi connectivity index (χ1n) is 9.46. The number of aryl methyl sites for hydroxylation is 2. The first kappa shape index (κ1) is 18.2. The molecule has 2 aliphatic rings. The largest absolute Gasteiger partial charge is 0.273 e. The summed E-state index contributed by atoms with van der Waals surface area (Å²) < 4.78 is 0. The number of thioether (sulfide) groups is 1. The van der Waals surface area contributed by atoms with Crippen molar-refractivity contribution in [3.05, 3.63) is 69.6 Å². The van der Waals surface area contributed by atoms with Crippen LogP contribution in [0.1, 0.15) is 34.9 Å². The molecule has 1 atom stereocenters. The van der Waals surface area contributed by atoms with Gasteiger partial charge in [0.25, 0.3) is 0 Å². The molecular weight excluding hydrogens is 408 g/mol. The molecule has 0 saturated carbocycles. The van der Waals surface area contributed by atoms with Crippen LogP contribution in [0.5, 0.6) is 0 Å². The summed E-state index contributed by atoms with van der Waals surface area (Å²) in [6.07, 6.45) is 4.88. The normalized spacial score (nSPS) is 19.1. The molecule has 3 aromatic rings. The number of fused-ring (bicyclic) bond motifs is 1. The lowest BCUT2D eigenvalue weighted by Crippen LogP contribution is -2.27. The fourth-order valence-electron chi connectivity index (χ4n) is 3.91. The average Bonchev–Trinajstić information content (AvgIpc) is 3.35. The van der Waals surface area contributed by atoms with E-state index in [-0.39, 0.29) is 11.3 Å². The molecule has 0 bridgehead atoms. The van der Waals surface area contributed by atoms with Crippen molar-refractivity contribution in [2.45, 2.75) is 31.1 Å². The van der Waals surface area contributed by atoms with Gasteiger partial charge in [0.1, 0.15) is 5.37 Å². The van der Waals surface area contributed by atoms with Gasteiger partial charge in [0.15, 0.2) is 5.13 Å². The molecule has 6 heteroatoms. The van der Waals surface area contributed by atoms with E-state index in [2.05, 4.69) is 23.6 Å². The van der Waals surface area contributed by atoms with E-state index >= 15 is 0 Å². The van der Waals surface area contributed by atoms with Crippen LogP contribution in [-0.2, 0) is 17.6 Å². The van der Waals surface area contributed by atoms with Crippen molar-refractivity contribution in [2.24, 2.45) is 0 Å². The lowest BCUT2D eigenvalue weighted by atomic mass is 9.90. The van der Waals surface area contributed by atoms with Crippen LogP contribution in [0.25, 0.3) is 11.3 Å². The van der Waals surface area contributed by atoms with Crippen LogP contribution in [0.15, 0.2) is 47.8 Å². The van der Waals surface area contributed by atoms with Gasteiger partial charge in [-0.1, -0.05) is 35.9 Å². The van der Waals surface area contributed by atoms with Gasteiger partial charge >= 0.3 is 0 Å². The number of halogens is 1. The molecule has 1 aliphatic carbocycles. The maximum Gasteiger partial charge on any atom is 0.240 e. The molecule has 1 aromatic heterocycles. The summed E-state index contributed by atoms with van der Waals surface area (Å²) in [6.45, 7) is 0. The van der Waals surface area contributed by atoms with Crippen molar-refractivity contribution in [2.75, 3.05) is 10.7 Å². The number of hydrogen-bond acceptors (Lipinski definition) is 4. The summed E-state index contributed by atoms with van der Waals surface area (Å²) in [6, 6.07) is 14.4. The second-order valence-electron chi connectivity index (χ2n) is 7.18. The van der Waals surface area contributed by atoms with Gasteiger partial charge < -0.3 is 0 Å². The van der Waals surface area contributed by atoms with Crippen LogP contribution < -0.4 is 4.90 Å². The third kappa shape index (κ3) is 3.36. The van der Waals surface area contributed by atoms with E-state index in [0.29, 0.717) is 10.8 Å². The fourth-order valence-corrected chi connectivity index (χ4v) is 6.13. The number of carbonyl (C=O) groups excluding carboxylic acids is 1. The lowest BCUT2D eigenvalue weighted by Gasteiger charge is -2.21. The highest BCUT2D eigenvalue weighted by molar-refractivity contribution is 8.00. The van der Waals surface area contributed by atoms with E-state index < -0.39 is 0 Å². The number of anilines is 1. The summed E-state index contributed by atoms with van der Waals surface area (Å²) in [4.78, 5) is 19.3. The highest BCUT2D eigenvalue weighted by Gasteiger charge is 2.35. The van der Waals surface area contributed by atoms with Crippen molar-refractivity contribution >= 4 is 45.7 Å². The van der Waals surface area contributed by atoms with E-state index in [1.165, 1.54) is 41.7 Å². The van der Waals surface area contributed by atoms with E-state index in [1.54, 1.807) is 11.8 Å². The molecule has 0 N–H and O–H groups in total. The zero-order chi connectivity index (χ0) is 19.1. The molecule has 0 spiro atoms. The van der Waals surface area contributed by atoms with Gasteiger partial charge in [-0.2, -0.15) is 0 Å². The van der Waals surface area contributed by atoms with Crippen LogP contribution in [0.4, 0.5) is 5.13 Å². The summed E-state index contributed by atoms with van der Waals surface area (Å²) in [5, 5.41) is 3.48. The zero-order valence-corrected chi connectivity index (χ0v) is 17.6. The number of hydrogen-bond donors (Lipinski definition) is 0. The number of nitrogens with zero attached hydrogens (tertiary/aromatic N) is 2. The quantitative estimate of drug-likeness (QED) is 0.505. The van der Waals surface area contributed by atoms with Gasteiger partial charge in [-0.05, 0) is 60.6 Å². The molecule has 1 aliphatic heterocycles. The first-order valence-corrected chi connectivity index (χ1v) is 11.8. The predicted octanol–water partition coefficient (Wildman–Crippen LogP) is 6.12. The van der Waals surface area contributed by atoms with Crippen molar-refractivity contribution < 1.29 is 4.79 Å². The fraction of sp³-hybridized carbons (Fsp3) is 0.273. The molecule has 142 valence electrons. The second kappa shape index (κ2) is 7.54. The van der Waals surface area contributed by atoms with Crippen molar-refractivity contribution in [1.82, 2.24) is 4.98 Å². The molecule has 1 amide bonds. The molecule has 3 nitrogen and oxygen atoms in total. The second-order valence-corrected chi connectivity index (χ2v) is 9.53. The maximum absolute atomic E-state index is 12.6. The molecule has 28 heavy (non-hydrogen) atoms. The lowest BCUT2D eigenvalue weighted by molar-refractivity contribution is -0.115. The van der Waals surface area contributed by atoms with Crippen molar-refractivity contribution in [3.8, 4) is 11.3 Å². The predicted molar refractivity (Wildman–Crippen MR) is 118 cm³/mol. The number of benzene rings is 2. The number of amides is 1. The van der Waals surface area contributed by atoms with E-state index in [1.807, 2.05) is 29.2 Å². The summed E-state index contributed by atoms with van der Waals surface area (Å²) in [7, 11) is 0. The maximum atomic E-state index is 12.6. The number of thiazole rings is 1. The van der Waals surface area contributed by atoms with Crippen molar-refractivity contribution in [1.29, 1.82) is 0 Å². The van der Waals surface area contributed by atoms with Gasteiger partial charge in [0.2, 0.25) is 5.91 Å². The molecule has 2 heterocycles. The molecule has 2 aromatic carbocycles. The van der Waals surface area contributed by atoms with Crippen LogP contribution >= 0.6 is 34.7 Å². The van der Waals surface area contributed by atoms with Crippen LogP contribution in [0, 0.1) is 0 Å². The Labute approximate surface area is 177 Å². The molecule has 5 rings (SSSR count). The van der Waals surface area contributed by atoms with Crippen molar-refractivity contribution in [3.63, 3.8) is 0 Å². The van der Waals surface area contributed by atoms with Gasteiger partial charge in [-0.3, -0.25) is 9.69 Å². The molecule has 1 fully saturated rings. The number of rotatable bonds is 3. The van der Waals surface area contributed by atoms with Crippen LogP contribution in [0.3, 0.4) is 0 Å². The molecule has 1 unspecified atom stereocenters. The van der Waals surface area contributed by atoms with E-state index in [4.69, 9.17) is 16.6 Å². The topological polar surface area (TPSA) is 33.2 Å². The Morgan fingerprint density at radius 1 is 1.04 bits per heavy atom. The molecular formula is C22H19ClN2OS2. The monoisotopic (exact) mass is 426 g/mol. The smallest absolute Gasteiger partial charge is 0.240 e. The minimum Gasteiger partial charge on any atom is -0.273 e. The molecule has 0 radical (unpaired) electrons. The standard InChI is InChI=1S/C22H19ClN2OS2/c23-18-9-7-15(8-10-18)21-25(20(26)13-27-21)22-24-19(12-28-22)17-6-5-14-3-1-2-4-16(14)11-17/h5-12,21H,1-4,13H2. The zero-order valence-electron chi connectivity index (χ0n) is 15.2. The Bertz CT molecular complexity index is 1030. The highest BCUT2D eigenvalue weighted by atomic mass is 35.5. The Hall–Kier alpha value is -1.82. The Balaban J connectivity index is 1.46. The summed E-state index contributed by atoms with van der Waals surface area (Å²) >= 11 is 9.20. The Morgan fingerprint density at radius 2 is 1.82 bits per heavy atom. The SMILES string of the molecule is O=C1CSC(c2ccc(Cl)cc2)N1c1nc(-c2ccc3c(c2)CCCC3)cs1. The van der Waals surface area contributed by atoms with Crippen LogP contribution in [0.2, 0.25) is 5.02 Å². The van der Waals surface area contributed by atoms with Gasteiger partial charge in [0.05, 0.1) is 11.4 Å². The third-order valence-electron chi connectivity index (χ3n) is 5.37. The first-order chi connectivity index (χ1) is 13.7. The summed E-state index contributed by atoms with van der Waals surface area (Å²) in [5.41, 5.74) is 6.09. The Morgan fingerprint density at radius 3 is 2.64 bits per heavy atom. The third-order valence-corrected chi connectivity index (χ3v) is 7.67. The number of aromatic nitrogens is 1. The summed E-state index contributed by atoms with van der Waals surface area (Å²) in [5.74, 6) is 0.581. The van der Waals surface area contributed by atoms with E-state index in [9.17, 15) is 4.79 Å². The minimum atomic E-state index is -0.0488. The van der Waals surface area contributed by atoms with Crippen LogP contribution in [-0.4, -0.2) is 16.6 Å². The Kier molecular flexibility index (Phi) is 4.91. The van der Waals surface area contributed by atoms with Gasteiger partial charge in [-0.15, -0.1) is 23.1 Å². The average molecular weight is 427 g/mol. The minimum absolute atomic E-state index is 0.0488. The van der Waals surface area contributed by atoms with E-state index in [0.717, 1.165) is 28.4 Å². The highest BCUT2D eigenvalue weighted by Crippen LogP contribution is 2.43. The molecule has 1 saturated heterocycles. The number of carbonyl (C=O) groups is 1. The van der Waals surface area contributed by atoms with Gasteiger partial charge in [-0.25, -0.2) is 4.98 Å². The van der Waals surface area contributed by atoms with Gasteiger partial charge in [0, 0.05) is 16.0 Å².